The fourth-order valence-electron chi connectivity index (χ4n) is 1.80. The van der Waals surface area contributed by atoms with Gasteiger partial charge in [-0.2, -0.15) is 0 Å². The predicted octanol–water partition coefficient (Wildman–Crippen LogP) is 2.90. The number of nitrogens with two attached hydrogens (primary N) is 1. The van der Waals surface area contributed by atoms with Crippen molar-refractivity contribution in [3.05, 3.63) is 35.5 Å². The lowest BCUT2D eigenvalue weighted by Crippen LogP contribution is -1.99. The number of thiophene rings is 1. The lowest BCUT2D eigenvalue weighted by molar-refractivity contribution is 1.01. The highest BCUT2D eigenvalue weighted by Crippen LogP contribution is 2.24. The molecule has 0 spiro atoms. The Hall–Kier alpha value is -2.01. The second-order valence-electron chi connectivity index (χ2n) is 3.99. The van der Waals surface area contributed by atoms with Crippen LogP contribution in [0, 0.1) is 0 Å². The second kappa shape index (κ2) is 4.34. The molecule has 0 atom stereocenters. The van der Waals surface area contributed by atoms with E-state index in [2.05, 4.69) is 21.0 Å². The standard InChI is InChI=1S/C13H12N4S/c1-2-9-6-12(14)17-13(16-9)8-5-11-10(15-7-8)3-4-18-11/h3-7H,2H2,1H3,(H2,14,16,17). The van der Waals surface area contributed by atoms with Crippen molar-refractivity contribution in [1.82, 2.24) is 15.0 Å². The highest BCUT2D eigenvalue weighted by atomic mass is 32.1. The van der Waals surface area contributed by atoms with E-state index in [-0.39, 0.29) is 0 Å². The van der Waals surface area contributed by atoms with E-state index in [1.165, 1.54) is 0 Å². The summed E-state index contributed by atoms with van der Waals surface area (Å²) < 4.78 is 1.14. The first-order valence-corrected chi connectivity index (χ1v) is 6.61. The topological polar surface area (TPSA) is 64.7 Å². The van der Waals surface area contributed by atoms with Crippen LogP contribution in [0.5, 0.6) is 0 Å². The molecular formula is C13H12N4S. The molecule has 0 aliphatic carbocycles. The molecule has 0 aliphatic heterocycles. The Morgan fingerprint density at radius 3 is 3.00 bits per heavy atom. The zero-order valence-corrected chi connectivity index (χ0v) is 10.7. The van der Waals surface area contributed by atoms with E-state index < -0.39 is 0 Å². The third kappa shape index (κ3) is 1.93. The quantitative estimate of drug-likeness (QED) is 0.765. The molecule has 0 radical (unpaired) electrons. The van der Waals surface area contributed by atoms with Crippen LogP contribution < -0.4 is 5.73 Å². The average molecular weight is 256 g/mol. The summed E-state index contributed by atoms with van der Waals surface area (Å²) in [5.41, 5.74) is 8.66. The van der Waals surface area contributed by atoms with E-state index in [1.807, 2.05) is 18.4 Å². The van der Waals surface area contributed by atoms with Crippen molar-refractivity contribution in [2.24, 2.45) is 0 Å². The molecule has 2 N–H and O–H groups in total. The van der Waals surface area contributed by atoms with E-state index in [9.17, 15) is 0 Å². The largest absolute Gasteiger partial charge is 0.384 e. The first kappa shape index (κ1) is 11.1. The van der Waals surface area contributed by atoms with Crippen LogP contribution in [-0.2, 0) is 6.42 Å². The van der Waals surface area contributed by atoms with Gasteiger partial charge in [0.1, 0.15) is 5.82 Å². The van der Waals surface area contributed by atoms with Crippen molar-refractivity contribution in [1.29, 1.82) is 0 Å². The molecule has 0 aromatic carbocycles. The van der Waals surface area contributed by atoms with Crippen molar-refractivity contribution in [3.8, 4) is 11.4 Å². The second-order valence-corrected chi connectivity index (χ2v) is 4.94. The van der Waals surface area contributed by atoms with Crippen LogP contribution in [0.15, 0.2) is 29.8 Å². The van der Waals surface area contributed by atoms with Crippen molar-refractivity contribution in [2.45, 2.75) is 13.3 Å². The normalized spacial score (nSPS) is 10.9. The first-order valence-electron chi connectivity index (χ1n) is 5.73. The molecule has 18 heavy (non-hydrogen) atoms. The minimum atomic E-state index is 0.503. The number of nitrogen functional groups attached to an aromatic ring is 1. The Kier molecular flexibility index (Phi) is 2.68. The number of hydrogen-bond donors (Lipinski definition) is 1. The van der Waals surface area contributed by atoms with Crippen LogP contribution in [-0.4, -0.2) is 15.0 Å². The molecule has 3 rings (SSSR count). The molecular weight excluding hydrogens is 244 g/mol. The maximum absolute atomic E-state index is 5.80. The van der Waals surface area contributed by atoms with Crippen molar-refractivity contribution in [2.75, 3.05) is 5.73 Å². The smallest absolute Gasteiger partial charge is 0.163 e. The zero-order chi connectivity index (χ0) is 12.5. The van der Waals surface area contributed by atoms with E-state index in [4.69, 9.17) is 5.73 Å². The van der Waals surface area contributed by atoms with Crippen LogP contribution >= 0.6 is 11.3 Å². The fraction of sp³-hybridized carbons (Fsp3) is 0.154. The SMILES string of the molecule is CCc1cc(N)nc(-c2cnc3ccsc3c2)n1. The molecule has 3 heterocycles. The van der Waals surface area contributed by atoms with Crippen LogP contribution in [0.1, 0.15) is 12.6 Å². The van der Waals surface area contributed by atoms with Crippen LogP contribution in [0.3, 0.4) is 0 Å². The number of aromatic nitrogens is 3. The summed E-state index contributed by atoms with van der Waals surface area (Å²) in [6.07, 6.45) is 2.64. The molecule has 5 heteroatoms. The molecule has 3 aromatic rings. The van der Waals surface area contributed by atoms with Crippen LogP contribution in [0.4, 0.5) is 5.82 Å². The van der Waals surface area contributed by atoms with Gasteiger partial charge in [-0.25, -0.2) is 9.97 Å². The summed E-state index contributed by atoms with van der Waals surface area (Å²) in [6.45, 7) is 2.05. The summed E-state index contributed by atoms with van der Waals surface area (Å²) in [4.78, 5) is 13.2. The number of fused-ring (bicyclic) bond motifs is 1. The third-order valence-electron chi connectivity index (χ3n) is 2.72. The number of aryl methyl sites for hydroxylation is 1. The van der Waals surface area contributed by atoms with E-state index in [1.54, 1.807) is 23.6 Å². The average Bonchev–Trinajstić information content (AvgIpc) is 2.85. The maximum Gasteiger partial charge on any atom is 0.163 e. The number of nitrogens with zero attached hydrogens (tertiary/aromatic N) is 3. The lowest BCUT2D eigenvalue weighted by Gasteiger charge is -2.04. The zero-order valence-electron chi connectivity index (χ0n) is 9.92. The highest BCUT2D eigenvalue weighted by molar-refractivity contribution is 7.17. The molecule has 3 aromatic heterocycles. The summed E-state index contributed by atoms with van der Waals surface area (Å²) in [5.74, 6) is 1.15. The molecule has 0 saturated carbocycles. The van der Waals surface area contributed by atoms with Gasteiger partial charge in [-0.15, -0.1) is 11.3 Å². The van der Waals surface area contributed by atoms with Gasteiger partial charge in [-0.05, 0) is 23.9 Å². The Bertz CT molecular complexity index is 705. The third-order valence-corrected chi connectivity index (χ3v) is 3.58. The monoisotopic (exact) mass is 256 g/mol. The van der Waals surface area contributed by atoms with Gasteiger partial charge in [-0.3, -0.25) is 4.98 Å². The van der Waals surface area contributed by atoms with Crippen molar-refractivity contribution < 1.29 is 0 Å². The van der Waals surface area contributed by atoms with Gasteiger partial charge in [0.25, 0.3) is 0 Å². The van der Waals surface area contributed by atoms with E-state index in [0.29, 0.717) is 11.6 Å². The molecule has 0 aliphatic rings. The number of rotatable bonds is 2. The Morgan fingerprint density at radius 1 is 1.28 bits per heavy atom. The van der Waals surface area contributed by atoms with Gasteiger partial charge in [0, 0.05) is 23.5 Å². The number of pyridine rings is 1. The van der Waals surface area contributed by atoms with Gasteiger partial charge in [0.05, 0.1) is 10.2 Å². The summed E-state index contributed by atoms with van der Waals surface area (Å²) >= 11 is 1.66. The van der Waals surface area contributed by atoms with Gasteiger partial charge in [-0.1, -0.05) is 6.92 Å². The van der Waals surface area contributed by atoms with E-state index in [0.717, 1.165) is 27.9 Å². The Morgan fingerprint density at radius 2 is 2.17 bits per heavy atom. The van der Waals surface area contributed by atoms with Gasteiger partial charge in [0.15, 0.2) is 5.82 Å². The van der Waals surface area contributed by atoms with E-state index >= 15 is 0 Å². The number of anilines is 1. The molecule has 90 valence electrons. The maximum atomic E-state index is 5.80. The molecule has 0 unspecified atom stereocenters. The van der Waals surface area contributed by atoms with Gasteiger partial charge >= 0.3 is 0 Å². The number of hydrogen-bond acceptors (Lipinski definition) is 5. The summed E-state index contributed by atoms with van der Waals surface area (Å²) in [5, 5.41) is 2.03. The molecule has 0 bridgehead atoms. The lowest BCUT2D eigenvalue weighted by atomic mass is 10.2. The van der Waals surface area contributed by atoms with Crippen LogP contribution in [0.25, 0.3) is 21.6 Å². The van der Waals surface area contributed by atoms with Crippen LogP contribution in [0.2, 0.25) is 0 Å². The molecule has 4 nitrogen and oxygen atoms in total. The first-order chi connectivity index (χ1) is 8.76. The highest BCUT2D eigenvalue weighted by Gasteiger charge is 2.07. The summed E-state index contributed by atoms with van der Waals surface area (Å²) in [7, 11) is 0. The minimum Gasteiger partial charge on any atom is -0.384 e. The fourth-order valence-corrected chi connectivity index (χ4v) is 2.58. The van der Waals surface area contributed by atoms with Gasteiger partial charge < -0.3 is 5.73 Å². The molecule has 0 fully saturated rings. The van der Waals surface area contributed by atoms with Gasteiger partial charge in [0.2, 0.25) is 0 Å². The molecule has 0 amide bonds. The van der Waals surface area contributed by atoms with Crippen molar-refractivity contribution >= 4 is 27.4 Å². The Balaban J connectivity index is 2.15. The predicted molar refractivity (Wildman–Crippen MR) is 74.4 cm³/mol. The summed E-state index contributed by atoms with van der Waals surface area (Å²) in [6, 6.07) is 5.86. The Labute approximate surface area is 109 Å². The van der Waals surface area contributed by atoms with Crippen molar-refractivity contribution in [3.63, 3.8) is 0 Å². The minimum absolute atomic E-state index is 0.503. The molecule has 0 saturated heterocycles.